The van der Waals surface area contributed by atoms with Gasteiger partial charge in [-0.25, -0.2) is 0 Å². The van der Waals surface area contributed by atoms with Crippen LogP contribution in [-0.2, 0) is 25.6 Å². The van der Waals surface area contributed by atoms with E-state index in [1.807, 2.05) is 0 Å². The molecule has 0 aliphatic carbocycles. The molecule has 2 fully saturated rings. The van der Waals surface area contributed by atoms with E-state index < -0.39 is 61.3 Å². The van der Waals surface area contributed by atoms with Crippen molar-refractivity contribution in [2.24, 2.45) is 0 Å². The Morgan fingerprint density at radius 3 is 2.50 bits per heavy atom. The Bertz CT molecular complexity index is 968. The van der Waals surface area contributed by atoms with Gasteiger partial charge in [0.1, 0.15) is 36.3 Å². The van der Waals surface area contributed by atoms with Crippen molar-refractivity contribution in [1.82, 2.24) is 4.90 Å². The number of amides is 1. The third kappa shape index (κ3) is 3.94. The Morgan fingerprint density at radius 2 is 1.76 bits per heavy atom. The number of hydrogen-bond acceptors (Lipinski definition) is 11. The van der Waals surface area contributed by atoms with E-state index in [-0.39, 0.29) is 32.1 Å². The SMILES string of the molecule is O=C1C[C@@H](O[C@H]2O[C@H](CO)[C@@H](O)[C@H](O)[C@@H]2O)[C@H](O)C(=O)N2CC[C@H]1c1cc3c(cc1C2)OCO3. The smallest absolute Gasteiger partial charge is 0.254 e. The largest absolute Gasteiger partial charge is 0.454 e. The number of ketones is 1. The molecule has 4 aliphatic rings. The molecule has 1 amide bonds. The summed E-state index contributed by atoms with van der Waals surface area (Å²) in [5.74, 6) is -0.490. The van der Waals surface area contributed by atoms with E-state index in [1.165, 1.54) is 4.90 Å². The maximum absolute atomic E-state index is 13.4. The molecule has 4 heterocycles. The summed E-state index contributed by atoms with van der Waals surface area (Å²) in [4.78, 5) is 28.0. The standard InChI is InChI=1S/C22H27NO11/c24-7-16-17(26)19(28)20(29)22(34-16)33-15-5-12(25)10-1-2-23(21(30)18(15)27)6-9-3-13-14(4-11(9)10)32-8-31-13/h3-4,10,15-20,22,24,26-29H,1-2,5-8H2/t10-,15+,16+,17+,18-,19-,20-,22-/m0/s1. The van der Waals surface area contributed by atoms with Crippen LogP contribution in [0.4, 0.5) is 0 Å². The lowest BCUT2D eigenvalue weighted by Gasteiger charge is -2.41. The molecule has 5 N–H and O–H groups in total. The number of carbonyl (C=O) groups is 2. The summed E-state index contributed by atoms with van der Waals surface area (Å²) in [6.45, 7) is -0.218. The van der Waals surface area contributed by atoms with Gasteiger partial charge in [-0.05, 0) is 29.7 Å². The number of fused-ring (bicyclic) bond motifs is 6. The summed E-state index contributed by atoms with van der Waals surface area (Å²) in [5, 5.41) is 50.6. The fourth-order valence-electron chi connectivity index (χ4n) is 4.98. The molecular formula is C22H27NO11. The van der Waals surface area contributed by atoms with Crippen LogP contribution in [0, 0.1) is 0 Å². The lowest BCUT2D eigenvalue weighted by atomic mass is 9.86. The summed E-state index contributed by atoms with van der Waals surface area (Å²) < 4.78 is 21.9. The highest BCUT2D eigenvalue weighted by Gasteiger charge is 2.47. The van der Waals surface area contributed by atoms with Crippen LogP contribution in [-0.4, -0.2) is 105 Å². The number of aliphatic hydroxyl groups excluding tert-OH is 5. The average molecular weight is 481 g/mol. The zero-order valence-electron chi connectivity index (χ0n) is 18.1. The molecule has 0 saturated carbocycles. The predicted octanol–water partition coefficient (Wildman–Crippen LogP) is -2.25. The van der Waals surface area contributed by atoms with Crippen molar-refractivity contribution in [3.63, 3.8) is 0 Å². The van der Waals surface area contributed by atoms with Crippen LogP contribution in [0.3, 0.4) is 0 Å². The normalized spacial score (nSPS) is 37.6. The molecule has 34 heavy (non-hydrogen) atoms. The molecule has 12 heteroatoms. The molecule has 0 unspecified atom stereocenters. The molecule has 2 saturated heterocycles. The minimum Gasteiger partial charge on any atom is -0.454 e. The molecule has 8 atom stereocenters. The van der Waals surface area contributed by atoms with Gasteiger partial charge in [-0.2, -0.15) is 0 Å². The number of aliphatic hydroxyl groups is 5. The highest BCUT2D eigenvalue weighted by Crippen LogP contribution is 2.41. The minimum atomic E-state index is -1.74. The molecule has 2 bridgehead atoms. The molecular weight excluding hydrogens is 454 g/mol. The Kier molecular flexibility index (Phi) is 6.23. The molecule has 5 rings (SSSR count). The molecule has 4 aliphatic heterocycles. The summed E-state index contributed by atoms with van der Waals surface area (Å²) in [6, 6.07) is 3.50. The van der Waals surface area contributed by atoms with Gasteiger partial charge in [-0.15, -0.1) is 0 Å². The summed E-state index contributed by atoms with van der Waals surface area (Å²) in [5.41, 5.74) is 1.45. The van der Waals surface area contributed by atoms with Crippen molar-refractivity contribution in [1.29, 1.82) is 0 Å². The van der Waals surface area contributed by atoms with Crippen LogP contribution >= 0.6 is 0 Å². The molecule has 12 nitrogen and oxygen atoms in total. The van der Waals surface area contributed by atoms with E-state index in [1.54, 1.807) is 12.1 Å². The van der Waals surface area contributed by atoms with E-state index in [9.17, 15) is 35.1 Å². The van der Waals surface area contributed by atoms with Gasteiger partial charge < -0.3 is 49.4 Å². The molecule has 0 radical (unpaired) electrons. The summed E-state index contributed by atoms with van der Waals surface area (Å²) >= 11 is 0. The molecule has 1 aromatic carbocycles. The maximum Gasteiger partial charge on any atom is 0.254 e. The zero-order chi connectivity index (χ0) is 24.1. The van der Waals surface area contributed by atoms with Gasteiger partial charge in [0.15, 0.2) is 23.9 Å². The van der Waals surface area contributed by atoms with Crippen molar-refractivity contribution < 1.29 is 54.1 Å². The third-order valence-corrected chi connectivity index (χ3v) is 6.92. The fraction of sp³-hybridized carbons (Fsp3) is 0.636. The van der Waals surface area contributed by atoms with Crippen LogP contribution in [0.25, 0.3) is 0 Å². The Balaban J connectivity index is 1.44. The van der Waals surface area contributed by atoms with Crippen molar-refractivity contribution in [3.8, 4) is 11.5 Å². The number of benzene rings is 1. The fourth-order valence-corrected chi connectivity index (χ4v) is 4.98. The second kappa shape index (κ2) is 9.04. The van der Waals surface area contributed by atoms with E-state index in [2.05, 4.69) is 0 Å². The van der Waals surface area contributed by atoms with Crippen LogP contribution in [0.15, 0.2) is 12.1 Å². The second-order valence-corrected chi connectivity index (χ2v) is 8.99. The summed E-state index contributed by atoms with van der Waals surface area (Å²) in [7, 11) is 0. The van der Waals surface area contributed by atoms with Crippen molar-refractivity contribution in [2.45, 2.75) is 68.2 Å². The molecule has 0 spiro atoms. The van der Waals surface area contributed by atoms with Crippen LogP contribution in [0.2, 0.25) is 0 Å². The first-order valence-corrected chi connectivity index (χ1v) is 11.2. The Hall–Kier alpha value is -2.32. The molecule has 0 aromatic heterocycles. The minimum absolute atomic E-state index is 0.0627. The van der Waals surface area contributed by atoms with Crippen LogP contribution < -0.4 is 9.47 Å². The number of hydrogen-bond donors (Lipinski definition) is 5. The zero-order valence-corrected chi connectivity index (χ0v) is 18.1. The van der Waals surface area contributed by atoms with E-state index >= 15 is 0 Å². The van der Waals surface area contributed by atoms with Gasteiger partial charge in [-0.1, -0.05) is 0 Å². The quantitative estimate of drug-likeness (QED) is 0.315. The Morgan fingerprint density at radius 1 is 1.03 bits per heavy atom. The van der Waals surface area contributed by atoms with Crippen molar-refractivity contribution in [2.75, 3.05) is 19.9 Å². The van der Waals surface area contributed by atoms with Gasteiger partial charge in [0.05, 0.1) is 6.61 Å². The van der Waals surface area contributed by atoms with E-state index in [0.717, 1.165) is 5.56 Å². The average Bonchev–Trinajstić information content (AvgIpc) is 3.21. The number of ether oxygens (including phenoxy) is 4. The van der Waals surface area contributed by atoms with Gasteiger partial charge in [-0.3, -0.25) is 9.59 Å². The predicted molar refractivity (Wildman–Crippen MR) is 110 cm³/mol. The van der Waals surface area contributed by atoms with Crippen LogP contribution in [0.1, 0.15) is 29.9 Å². The first-order chi connectivity index (χ1) is 16.3. The van der Waals surface area contributed by atoms with E-state index in [4.69, 9.17) is 18.9 Å². The van der Waals surface area contributed by atoms with Crippen molar-refractivity contribution in [3.05, 3.63) is 23.3 Å². The highest BCUT2D eigenvalue weighted by atomic mass is 16.7. The van der Waals surface area contributed by atoms with Crippen LogP contribution in [0.5, 0.6) is 11.5 Å². The molecule has 186 valence electrons. The number of nitrogens with zero attached hydrogens (tertiary/aromatic N) is 1. The number of Topliss-reactive ketones (excluding diaryl/α,β-unsaturated/α-hetero) is 1. The Labute approximate surface area is 194 Å². The van der Waals surface area contributed by atoms with Gasteiger partial charge in [0, 0.05) is 25.4 Å². The lowest BCUT2D eigenvalue weighted by Crippen LogP contribution is -2.60. The highest BCUT2D eigenvalue weighted by molar-refractivity contribution is 5.90. The van der Waals surface area contributed by atoms with Gasteiger partial charge in [0.2, 0.25) is 6.79 Å². The second-order valence-electron chi connectivity index (χ2n) is 8.99. The van der Waals surface area contributed by atoms with Gasteiger partial charge in [0.25, 0.3) is 5.91 Å². The van der Waals surface area contributed by atoms with E-state index in [0.29, 0.717) is 23.5 Å². The lowest BCUT2D eigenvalue weighted by molar-refractivity contribution is -0.315. The molecule has 1 aromatic rings. The monoisotopic (exact) mass is 481 g/mol. The first-order valence-electron chi connectivity index (χ1n) is 11.2. The summed E-state index contributed by atoms with van der Waals surface area (Å²) in [6.07, 6.45) is -11.0. The first kappa shape index (κ1) is 23.4. The third-order valence-electron chi connectivity index (χ3n) is 6.92. The maximum atomic E-state index is 13.4. The topological polar surface area (TPSA) is 175 Å². The van der Waals surface area contributed by atoms with Crippen molar-refractivity contribution >= 4 is 11.7 Å². The number of rotatable bonds is 3. The van der Waals surface area contributed by atoms with Gasteiger partial charge >= 0.3 is 0 Å². The number of carbonyl (C=O) groups excluding carboxylic acids is 2.